The molecule has 2 fully saturated rings. The number of esters is 2. The summed E-state index contributed by atoms with van der Waals surface area (Å²) in [6, 6.07) is 0. The molecule has 0 aromatic rings. The van der Waals surface area contributed by atoms with E-state index in [9.17, 15) is 45.3 Å². The molecule has 2 aliphatic heterocycles. The van der Waals surface area contributed by atoms with Gasteiger partial charge in [-0.1, -0.05) is 183 Å². The van der Waals surface area contributed by atoms with Crippen LogP contribution in [-0.4, -0.2) is 142 Å². The summed E-state index contributed by atoms with van der Waals surface area (Å²) in [5, 5.41) is 72.1. The van der Waals surface area contributed by atoms with E-state index in [0.717, 1.165) is 44.9 Å². The molecule has 2 saturated heterocycles. The Hall–Kier alpha value is -3.06. The third kappa shape index (κ3) is 30.3. The highest BCUT2D eigenvalue weighted by Gasteiger charge is 2.47. The summed E-state index contributed by atoms with van der Waals surface area (Å²) in [7, 11) is 0. The number of hydrogen-bond acceptors (Lipinski definition) is 15. The summed E-state index contributed by atoms with van der Waals surface area (Å²) in [5.74, 6) is -1.25. The fourth-order valence-corrected chi connectivity index (χ4v) is 8.24. The van der Waals surface area contributed by atoms with Gasteiger partial charge in [0.15, 0.2) is 18.7 Å². The first-order chi connectivity index (χ1) is 35.0. The van der Waals surface area contributed by atoms with Crippen molar-refractivity contribution >= 4 is 11.9 Å². The SMILES string of the molecule is CCCCCCCCC/C=C/C/C=C/C/C=C/C/C=C/CCCC(=O)O[C@H](COC(=O)/C=C/C=C/CCCCCCCCCCCCC)CO[C@H]1O[C@@H](CO[C@H]2O[C@@H](CO)[C@@H](O)C(O)C2O)[C@@H](O)C(O)C1O. The van der Waals surface area contributed by atoms with Gasteiger partial charge in [0.1, 0.15) is 55.4 Å². The number of aliphatic hydroxyl groups is 7. The molecule has 2 rings (SSSR count). The standard InChI is InChI=1S/C57H96O15/c1-3-5-7-9-11-13-15-17-19-20-21-22-23-24-26-28-30-32-34-36-38-40-49(60)70-45(42-67-48(59)39-37-35-33-31-29-27-25-18-16-14-12-10-8-6-4-2)43-68-56-55(66)53(64)51(62)47(72-56)44-69-57-54(65)52(63)50(61)46(41-58)71-57/h19-20,22-23,26,28,32-35,37,39,45-47,50-58,61-66H,3-18,21,24-25,27,29-31,36,38,40-44H2,1-2H3/b20-19+,23-22+,28-26+,34-32+,35-33+,39-37+/t45-,46+,47+,50-,51-,52?,53?,54?,55?,56+,57+/m1/s1. The smallest absolute Gasteiger partial charge is 0.330 e. The van der Waals surface area contributed by atoms with Crippen molar-refractivity contribution in [3.8, 4) is 0 Å². The molecule has 0 bridgehead atoms. The van der Waals surface area contributed by atoms with E-state index in [1.165, 1.54) is 109 Å². The molecule has 11 atom stereocenters. The minimum atomic E-state index is -1.79. The molecule has 72 heavy (non-hydrogen) atoms. The maximum Gasteiger partial charge on any atom is 0.330 e. The normalized spacial score (nSPS) is 25.6. The van der Waals surface area contributed by atoms with E-state index in [1.54, 1.807) is 12.2 Å². The van der Waals surface area contributed by atoms with Crippen LogP contribution in [0.4, 0.5) is 0 Å². The summed E-state index contributed by atoms with van der Waals surface area (Å²) in [5.41, 5.74) is 0. The Morgan fingerprint density at radius 1 is 0.486 bits per heavy atom. The first-order valence-corrected chi connectivity index (χ1v) is 27.6. The number of allylic oxidation sites excluding steroid dienone is 11. The van der Waals surface area contributed by atoms with Gasteiger partial charge in [0, 0.05) is 12.5 Å². The molecule has 0 amide bonds. The molecule has 2 aliphatic rings. The number of carbonyl (C=O) groups excluding carboxylic acids is 2. The molecule has 0 aliphatic carbocycles. The average Bonchev–Trinajstić information content (AvgIpc) is 3.37. The van der Waals surface area contributed by atoms with E-state index in [2.05, 4.69) is 50.3 Å². The van der Waals surface area contributed by atoms with Gasteiger partial charge < -0.3 is 64.2 Å². The van der Waals surface area contributed by atoms with Gasteiger partial charge in [-0.3, -0.25) is 4.79 Å². The van der Waals surface area contributed by atoms with Gasteiger partial charge in [0.25, 0.3) is 0 Å². The van der Waals surface area contributed by atoms with Gasteiger partial charge >= 0.3 is 11.9 Å². The predicted octanol–water partition coefficient (Wildman–Crippen LogP) is 8.60. The molecule has 4 unspecified atom stereocenters. The van der Waals surface area contributed by atoms with Crippen molar-refractivity contribution in [3.05, 3.63) is 72.9 Å². The van der Waals surface area contributed by atoms with Crippen LogP contribution in [0.25, 0.3) is 0 Å². The quantitative estimate of drug-likeness (QED) is 0.00998. The lowest BCUT2D eigenvalue weighted by molar-refractivity contribution is -0.332. The van der Waals surface area contributed by atoms with Gasteiger partial charge in [-0.15, -0.1) is 0 Å². The van der Waals surface area contributed by atoms with Crippen molar-refractivity contribution in [1.29, 1.82) is 0 Å². The zero-order valence-corrected chi connectivity index (χ0v) is 43.9. The van der Waals surface area contributed by atoms with Crippen molar-refractivity contribution in [2.75, 3.05) is 26.4 Å². The highest BCUT2D eigenvalue weighted by Crippen LogP contribution is 2.26. The van der Waals surface area contributed by atoms with E-state index in [1.807, 2.05) is 18.2 Å². The Kier molecular flexibility index (Phi) is 39.0. The molecular weight excluding hydrogens is 925 g/mol. The number of aliphatic hydroxyl groups excluding tert-OH is 7. The summed E-state index contributed by atoms with van der Waals surface area (Å²) in [6.45, 7) is 2.41. The molecule has 0 spiro atoms. The van der Waals surface area contributed by atoms with Gasteiger partial charge in [-0.05, 0) is 57.8 Å². The van der Waals surface area contributed by atoms with Crippen LogP contribution in [0.15, 0.2) is 72.9 Å². The molecule has 15 nitrogen and oxygen atoms in total. The van der Waals surface area contributed by atoms with E-state index in [-0.39, 0.29) is 6.42 Å². The zero-order valence-electron chi connectivity index (χ0n) is 43.9. The molecule has 0 aromatic heterocycles. The molecule has 2 heterocycles. The maximum atomic E-state index is 13.0. The van der Waals surface area contributed by atoms with E-state index < -0.39 is 106 Å². The highest BCUT2D eigenvalue weighted by atomic mass is 16.7. The minimum Gasteiger partial charge on any atom is -0.458 e. The van der Waals surface area contributed by atoms with Crippen LogP contribution in [0, 0.1) is 0 Å². The van der Waals surface area contributed by atoms with Crippen LogP contribution in [0.2, 0.25) is 0 Å². The Morgan fingerprint density at radius 3 is 1.46 bits per heavy atom. The number of hydrogen-bond donors (Lipinski definition) is 7. The lowest BCUT2D eigenvalue weighted by Crippen LogP contribution is -2.61. The van der Waals surface area contributed by atoms with Crippen molar-refractivity contribution < 1.29 is 73.8 Å². The molecular formula is C57H96O15. The molecule has 15 heteroatoms. The zero-order chi connectivity index (χ0) is 52.4. The van der Waals surface area contributed by atoms with Crippen LogP contribution in [0.3, 0.4) is 0 Å². The lowest BCUT2D eigenvalue weighted by atomic mass is 9.98. The number of unbranched alkanes of at least 4 members (excludes halogenated alkanes) is 19. The molecule has 0 aromatic carbocycles. The van der Waals surface area contributed by atoms with Crippen molar-refractivity contribution in [2.24, 2.45) is 0 Å². The van der Waals surface area contributed by atoms with E-state index in [0.29, 0.717) is 12.8 Å². The first-order valence-electron chi connectivity index (χ1n) is 27.6. The Labute approximate surface area is 432 Å². The Balaban J connectivity index is 1.84. The van der Waals surface area contributed by atoms with Crippen molar-refractivity contribution in [1.82, 2.24) is 0 Å². The Bertz CT molecular complexity index is 1530. The van der Waals surface area contributed by atoms with E-state index >= 15 is 0 Å². The van der Waals surface area contributed by atoms with Crippen LogP contribution >= 0.6 is 0 Å². The second-order valence-electron chi connectivity index (χ2n) is 19.1. The number of rotatable bonds is 42. The maximum absolute atomic E-state index is 13.0. The summed E-state index contributed by atoms with van der Waals surface area (Å²) >= 11 is 0. The first kappa shape index (κ1) is 65.1. The van der Waals surface area contributed by atoms with Gasteiger partial charge in [0.05, 0.1) is 19.8 Å². The third-order valence-electron chi connectivity index (χ3n) is 12.8. The largest absolute Gasteiger partial charge is 0.458 e. The number of carbonyl (C=O) groups is 2. The molecule has 0 radical (unpaired) electrons. The van der Waals surface area contributed by atoms with Crippen LogP contribution in [0.5, 0.6) is 0 Å². The third-order valence-corrected chi connectivity index (χ3v) is 12.8. The van der Waals surface area contributed by atoms with Gasteiger partial charge in [-0.2, -0.15) is 0 Å². The average molecular weight is 1020 g/mol. The Morgan fingerprint density at radius 2 is 0.931 bits per heavy atom. The highest BCUT2D eigenvalue weighted by molar-refractivity contribution is 5.82. The fourth-order valence-electron chi connectivity index (χ4n) is 8.24. The topological polar surface area (TPSA) is 231 Å². The second kappa shape index (κ2) is 43.2. The second-order valence-corrected chi connectivity index (χ2v) is 19.1. The van der Waals surface area contributed by atoms with Crippen LogP contribution in [0.1, 0.15) is 181 Å². The lowest BCUT2D eigenvalue weighted by Gasteiger charge is -2.42. The summed E-state index contributed by atoms with van der Waals surface area (Å²) in [4.78, 5) is 25.7. The summed E-state index contributed by atoms with van der Waals surface area (Å²) < 4.78 is 33.4. The van der Waals surface area contributed by atoms with Gasteiger partial charge in [-0.25, -0.2) is 4.79 Å². The number of ether oxygens (including phenoxy) is 6. The fraction of sp³-hybridized carbons (Fsp3) is 0.754. The van der Waals surface area contributed by atoms with E-state index in [4.69, 9.17) is 28.4 Å². The molecule has 414 valence electrons. The van der Waals surface area contributed by atoms with Gasteiger partial charge in [0.2, 0.25) is 0 Å². The minimum absolute atomic E-state index is 0.0670. The van der Waals surface area contributed by atoms with Crippen LogP contribution in [-0.2, 0) is 38.0 Å². The molecule has 0 saturated carbocycles. The van der Waals surface area contributed by atoms with Crippen LogP contribution < -0.4 is 0 Å². The van der Waals surface area contributed by atoms with Crippen molar-refractivity contribution in [2.45, 2.75) is 248 Å². The van der Waals surface area contributed by atoms with Crippen molar-refractivity contribution in [3.63, 3.8) is 0 Å². The summed E-state index contributed by atoms with van der Waals surface area (Å²) in [6.07, 6.45) is 35.7. The predicted molar refractivity (Wildman–Crippen MR) is 279 cm³/mol. The monoisotopic (exact) mass is 1020 g/mol. The molecule has 7 N–H and O–H groups in total.